The molecule has 0 aliphatic carbocycles. The van der Waals surface area contributed by atoms with Crippen molar-refractivity contribution in [1.82, 2.24) is 19.7 Å². The second-order valence-corrected chi connectivity index (χ2v) is 8.14. The lowest BCUT2D eigenvalue weighted by molar-refractivity contribution is 0.0975. The minimum atomic E-state index is -0.0665. The molecule has 0 unspecified atom stereocenters. The molecule has 156 valence electrons. The first kappa shape index (κ1) is 21.3. The fourth-order valence-corrected chi connectivity index (χ4v) is 4.23. The topological polar surface area (TPSA) is 63.5 Å². The van der Waals surface area contributed by atoms with Crippen molar-refractivity contribution < 1.29 is 9.53 Å². The van der Waals surface area contributed by atoms with Crippen LogP contribution in [0.1, 0.15) is 36.5 Å². The van der Waals surface area contributed by atoms with Crippen LogP contribution in [0.3, 0.4) is 0 Å². The normalized spacial score (nSPS) is 11.4. The van der Waals surface area contributed by atoms with Crippen LogP contribution in [0.5, 0.6) is 5.75 Å². The largest absolute Gasteiger partial charge is 0.492 e. The molecule has 0 bridgehead atoms. The van der Waals surface area contributed by atoms with Crippen molar-refractivity contribution >= 4 is 32.6 Å². The molecule has 1 aromatic carbocycles. The van der Waals surface area contributed by atoms with Gasteiger partial charge in [-0.2, -0.15) is 5.10 Å². The maximum Gasteiger partial charge on any atom is 0.278 e. The van der Waals surface area contributed by atoms with E-state index in [4.69, 9.17) is 9.72 Å². The average Bonchev–Trinajstić information content (AvgIpc) is 3.28. The standard InChI is InChI=1S/C21H29N5O2S/c1-6-26-16(14-15(3)23-26)20(27)25(13-9-12-24(4)5)21-22-19-17(28-7-2)10-8-11-18(19)29-21/h8,10-11,14H,6-7,9,12-13H2,1-5H3. The van der Waals surface area contributed by atoms with Gasteiger partial charge in [-0.15, -0.1) is 0 Å². The number of thiazole rings is 1. The molecule has 0 radical (unpaired) electrons. The number of aryl methyl sites for hydroxylation is 2. The molecule has 2 aromatic heterocycles. The van der Waals surface area contributed by atoms with E-state index in [1.54, 1.807) is 9.58 Å². The number of rotatable bonds is 9. The summed E-state index contributed by atoms with van der Waals surface area (Å²) in [5.74, 6) is 0.686. The summed E-state index contributed by atoms with van der Waals surface area (Å²) in [5.41, 5.74) is 2.24. The number of hydrogen-bond acceptors (Lipinski definition) is 6. The fourth-order valence-electron chi connectivity index (χ4n) is 3.23. The molecule has 7 nitrogen and oxygen atoms in total. The molecule has 8 heteroatoms. The summed E-state index contributed by atoms with van der Waals surface area (Å²) in [4.78, 5) is 22.2. The molecule has 3 rings (SSSR count). The van der Waals surface area contributed by atoms with Gasteiger partial charge in [-0.1, -0.05) is 17.4 Å². The van der Waals surface area contributed by atoms with Crippen molar-refractivity contribution in [3.63, 3.8) is 0 Å². The van der Waals surface area contributed by atoms with Gasteiger partial charge in [0.25, 0.3) is 5.91 Å². The number of carbonyl (C=O) groups excluding carboxylic acids is 1. The maximum absolute atomic E-state index is 13.5. The van der Waals surface area contributed by atoms with E-state index < -0.39 is 0 Å². The monoisotopic (exact) mass is 415 g/mol. The third-order valence-corrected chi connectivity index (χ3v) is 5.60. The minimum Gasteiger partial charge on any atom is -0.492 e. The molecule has 0 spiro atoms. The summed E-state index contributed by atoms with van der Waals surface area (Å²) in [7, 11) is 4.07. The lowest BCUT2D eigenvalue weighted by atomic mass is 10.3. The number of amides is 1. The Labute approximate surface area is 175 Å². The molecule has 3 aromatic rings. The molecule has 0 saturated heterocycles. The lowest BCUT2D eigenvalue weighted by Gasteiger charge is -2.21. The van der Waals surface area contributed by atoms with Crippen molar-refractivity contribution in [1.29, 1.82) is 0 Å². The second kappa shape index (κ2) is 9.37. The SMILES string of the molecule is CCOc1cccc2sc(N(CCCN(C)C)C(=O)c3cc(C)nn3CC)nc12. The molecule has 2 heterocycles. The number of anilines is 1. The molecule has 0 atom stereocenters. The van der Waals surface area contributed by atoms with Gasteiger partial charge in [-0.25, -0.2) is 4.98 Å². The molecule has 0 aliphatic heterocycles. The van der Waals surface area contributed by atoms with Crippen LogP contribution in [0.25, 0.3) is 10.2 Å². The Morgan fingerprint density at radius 2 is 2.03 bits per heavy atom. The first-order chi connectivity index (χ1) is 13.9. The number of carbonyl (C=O) groups is 1. The summed E-state index contributed by atoms with van der Waals surface area (Å²) in [6.07, 6.45) is 0.853. The quantitative estimate of drug-likeness (QED) is 0.532. The zero-order valence-electron chi connectivity index (χ0n) is 17.8. The minimum absolute atomic E-state index is 0.0665. The highest BCUT2D eigenvalue weighted by Crippen LogP contribution is 2.35. The Morgan fingerprint density at radius 3 is 2.72 bits per heavy atom. The molecule has 0 N–H and O–H groups in total. The van der Waals surface area contributed by atoms with E-state index in [0.717, 1.165) is 34.6 Å². The van der Waals surface area contributed by atoms with Crippen LogP contribution in [0.4, 0.5) is 5.13 Å². The Hall–Kier alpha value is -2.45. The molecule has 1 amide bonds. The van der Waals surface area contributed by atoms with Gasteiger partial charge in [0.05, 0.1) is 17.0 Å². The van der Waals surface area contributed by atoms with Crippen molar-refractivity contribution in [2.75, 3.05) is 38.7 Å². The van der Waals surface area contributed by atoms with Crippen LogP contribution in [-0.2, 0) is 6.54 Å². The Bertz CT molecular complexity index is 979. The zero-order valence-corrected chi connectivity index (χ0v) is 18.6. The first-order valence-electron chi connectivity index (χ1n) is 9.98. The van der Waals surface area contributed by atoms with Gasteiger partial charge < -0.3 is 9.64 Å². The third-order valence-electron chi connectivity index (χ3n) is 4.55. The maximum atomic E-state index is 13.5. The van der Waals surface area contributed by atoms with Gasteiger partial charge in [0.2, 0.25) is 0 Å². The van der Waals surface area contributed by atoms with Crippen LogP contribution >= 0.6 is 11.3 Å². The molecular formula is C21H29N5O2S. The lowest BCUT2D eigenvalue weighted by Crippen LogP contribution is -2.34. The van der Waals surface area contributed by atoms with E-state index >= 15 is 0 Å². The van der Waals surface area contributed by atoms with Gasteiger partial charge in [0.1, 0.15) is 17.0 Å². The summed E-state index contributed by atoms with van der Waals surface area (Å²) >= 11 is 1.52. The number of fused-ring (bicyclic) bond motifs is 1. The van der Waals surface area contributed by atoms with E-state index in [1.165, 1.54) is 11.3 Å². The Morgan fingerprint density at radius 1 is 1.24 bits per heavy atom. The number of ether oxygens (including phenoxy) is 1. The fraction of sp³-hybridized carbons (Fsp3) is 0.476. The van der Waals surface area contributed by atoms with Gasteiger partial charge in [-0.05, 0) is 66.0 Å². The van der Waals surface area contributed by atoms with Crippen molar-refractivity contribution in [2.45, 2.75) is 33.7 Å². The van der Waals surface area contributed by atoms with Crippen LogP contribution in [0.2, 0.25) is 0 Å². The van der Waals surface area contributed by atoms with Gasteiger partial charge in [0, 0.05) is 13.1 Å². The predicted molar refractivity (Wildman–Crippen MR) is 118 cm³/mol. The van der Waals surface area contributed by atoms with Crippen molar-refractivity contribution in [3.05, 3.63) is 35.7 Å². The van der Waals surface area contributed by atoms with E-state index in [9.17, 15) is 4.79 Å². The van der Waals surface area contributed by atoms with Crippen LogP contribution in [0, 0.1) is 6.92 Å². The zero-order chi connectivity index (χ0) is 21.0. The average molecular weight is 416 g/mol. The smallest absolute Gasteiger partial charge is 0.278 e. The number of hydrogen-bond donors (Lipinski definition) is 0. The molecule has 0 aliphatic rings. The van der Waals surface area contributed by atoms with Gasteiger partial charge in [0.15, 0.2) is 5.13 Å². The highest BCUT2D eigenvalue weighted by Gasteiger charge is 2.25. The summed E-state index contributed by atoms with van der Waals surface area (Å²) in [5, 5.41) is 5.13. The highest BCUT2D eigenvalue weighted by molar-refractivity contribution is 7.22. The number of aromatic nitrogens is 3. The first-order valence-corrected chi connectivity index (χ1v) is 10.8. The Kier molecular flexibility index (Phi) is 6.87. The van der Waals surface area contributed by atoms with Crippen LogP contribution < -0.4 is 9.64 Å². The molecule has 0 fully saturated rings. The van der Waals surface area contributed by atoms with Crippen LogP contribution in [-0.4, -0.2) is 59.4 Å². The summed E-state index contributed by atoms with van der Waals surface area (Å²) in [6, 6.07) is 7.75. The van der Waals surface area contributed by atoms with E-state index in [-0.39, 0.29) is 5.91 Å². The number of nitrogens with zero attached hydrogens (tertiary/aromatic N) is 5. The second-order valence-electron chi connectivity index (χ2n) is 7.13. The molecular weight excluding hydrogens is 386 g/mol. The predicted octanol–water partition coefficient (Wildman–Crippen LogP) is 3.82. The van der Waals surface area contributed by atoms with E-state index in [1.807, 2.05) is 59.1 Å². The van der Waals surface area contributed by atoms with Gasteiger partial charge >= 0.3 is 0 Å². The molecule has 29 heavy (non-hydrogen) atoms. The molecule has 0 saturated carbocycles. The van der Waals surface area contributed by atoms with Crippen molar-refractivity contribution in [3.8, 4) is 5.75 Å². The summed E-state index contributed by atoms with van der Waals surface area (Å²) < 4.78 is 8.50. The van der Waals surface area contributed by atoms with Gasteiger partial charge in [-0.3, -0.25) is 14.4 Å². The van der Waals surface area contributed by atoms with Crippen LogP contribution in [0.15, 0.2) is 24.3 Å². The highest BCUT2D eigenvalue weighted by atomic mass is 32.1. The Balaban J connectivity index is 2.00. The number of para-hydroxylation sites is 1. The van der Waals surface area contributed by atoms with Crippen molar-refractivity contribution in [2.24, 2.45) is 0 Å². The van der Waals surface area contributed by atoms with E-state index in [2.05, 4.69) is 10.00 Å². The van der Waals surface area contributed by atoms with E-state index in [0.29, 0.717) is 30.5 Å². The summed E-state index contributed by atoms with van der Waals surface area (Å²) in [6.45, 7) is 8.56. The third kappa shape index (κ3) is 4.76. The number of benzene rings is 1.